The van der Waals surface area contributed by atoms with Crippen LogP contribution in [-0.2, 0) is 17.8 Å². The van der Waals surface area contributed by atoms with Crippen LogP contribution in [0, 0.1) is 11.3 Å². The summed E-state index contributed by atoms with van der Waals surface area (Å²) in [5.74, 6) is 1.82. The van der Waals surface area contributed by atoms with Gasteiger partial charge in [-0.1, -0.05) is 6.07 Å². The van der Waals surface area contributed by atoms with E-state index in [0.29, 0.717) is 19.0 Å². The molecule has 152 valence electrons. The Balaban J connectivity index is 0.00000182. The monoisotopic (exact) mass is 416 g/mol. The van der Waals surface area contributed by atoms with Crippen LogP contribution >= 0.6 is 24.8 Å². The van der Waals surface area contributed by atoms with Crippen molar-refractivity contribution in [3.05, 3.63) is 29.3 Å². The summed E-state index contributed by atoms with van der Waals surface area (Å²) in [4.78, 5) is 15.3. The number of piperidine rings is 1. The molecule has 1 saturated heterocycles. The highest BCUT2D eigenvalue weighted by Gasteiger charge is 2.21. The normalized spacial score (nSPS) is 17.3. The Bertz CT molecular complexity index is 649. The number of hydrogen-bond acceptors (Lipinski definition) is 4. The van der Waals surface area contributed by atoms with Gasteiger partial charge >= 0.3 is 0 Å². The SMILES string of the molecule is CC(=O)CN1CCC(COc2ccc3c(c2)CN(C(=N)N)CC3)CC1.Cl.Cl. The second-order valence-electron chi connectivity index (χ2n) is 7.22. The fourth-order valence-electron chi connectivity index (χ4n) is 3.67. The van der Waals surface area contributed by atoms with Crippen molar-refractivity contribution in [2.45, 2.75) is 32.7 Å². The van der Waals surface area contributed by atoms with Crippen LogP contribution in [0.15, 0.2) is 18.2 Å². The molecule has 0 radical (unpaired) electrons. The highest BCUT2D eigenvalue weighted by molar-refractivity contribution is 5.85. The average molecular weight is 417 g/mol. The van der Waals surface area contributed by atoms with Crippen LogP contribution in [0.3, 0.4) is 0 Å². The summed E-state index contributed by atoms with van der Waals surface area (Å²) in [5.41, 5.74) is 8.14. The van der Waals surface area contributed by atoms with Crippen molar-refractivity contribution in [2.24, 2.45) is 11.7 Å². The highest BCUT2D eigenvalue weighted by atomic mass is 35.5. The summed E-state index contributed by atoms with van der Waals surface area (Å²) in [7, 11) is 0. The minimum Gasteiger partial charge on any atom is -0.493 e. The molecule has 6 nitrogen and oxygen atoms in total. The van der Waals surface area contributed by atoms with Crippen molar-refractivity contribution in [3.8, 4) is 5.75 Å². The van der Waals surface area contributed by atoms with Gasteiger partial charge in [-0.3, -0.25) is 15.1 Å². The zero-order valence-electron chi connectivity index (χ0n) is 15.8. The molecule has 1 fully saturated rings. The second-order valence-corrected chi connectivity index (χ2v) is 7.22. The maximum Gasteiger partial charge on any atom is 0.188 e. The Hall–Kier alpha value is -1.50. The maximum absolute atomic E-state index is 11.2. The van der Waals surface area contributed by atoms with E-state index < -0.39 is 0 Å². The molecule has 2 heterocycles. The van der Waals surface area contributed by atoms with E-state index in [-0.39, 0.29) is 36.6 Å². The number of nitrogens with one attached hydrogen (secondary N) is 1. The number of halogens is 2. The van der Waals surface area contributed by atoms with Crippen LogP contribution in [0.25, 0.3) is 0 Å². The van der Waals surface area contributed by atoms with E-state index in [0.717, 1.165) is 51.3 Å². The van der Waals surface area contributed by atoms with Gasteiger partial charge in [-0.25, -0.2) is 0 Å². The quantitative estimate of drug-likeness (QED) is 0.568. The third-order valence-electron chi connectivity index (χ3n) is 5.17. The summed E-state index contributed by atoms with van der Waals surface area (Å²) < 4.78 is 6.03. The van der Waals surface area contributed by atoms with Gasteiger partial charge in [-0.2, -0.15) is 0 Å². The first kappa shape index (κ1) is 23.5. The van der Waals surface area contributed by atoms with Crippen molar-refractivity contribution in [2.75, 3.05) is 32.8 Å². The minimum absolute atomic E-state index is 0. The molecule has 0 atom stereocenters. The van der Waals surface area contributed by atoms with Gasteiger partial charge in [-0.15, -0.1) is 24.8 Å². The van der Waals surface area contributed by atoms with Crippen molar-refractivity contribution in [3.63, 3.8) is 0 Å². The van der Waals surface area contributed by atoms with Crippen molar-refractivity contribution >= 4 is 36.6 Å². The largest absolute Gasteiger partial charge is 0.493 e. The standard InChI is InChI=1S/C19H28N4O2.2ClH/c1-14(24)11-22-7-4-15(5-8-22)13-25-18-3-2-16-6-9-23(19(20)21)12-17(16)10-18;;/h2-3,10,15H,4-9,11-13H2,1H3,(H3,20,21);2*1H. The van der Waals surface area contributed by atoms with Crippen molar-refractivity contribution in [1.29, 1.82) is 5.41 Å². The predicted molar refractivity (Wildman–Crippen MR) is 112 cm³/mol. The number of ether oxygens (including phenoxy) is 1. The first-order chi connectivity index (χ1) is 12.0. The van der Waals surface area contributed by atoms with Crippen LogP contribution < -0.4 is 10.5 Å². The number of rotatable bonds is 5. The van der Waals surface area contributed by atoms with Crippen molar-refractivity contribution in [1.82, 2.24) is 9.80 Å². The lowest BCUT2D eigenvalue weighted by molar-refractivity contribution is -0.118. The number of carbonyl (C=O) groups is 1. The molecular formula is C19H30Cl2N4O2. The van der Waals surface area contributed by atoms with E-state index in [9.17, 15) is 4.79 Å². The fourth-order valence-corrected chi connectivity index (χ4v) is 3.67. The van der Waals surface area contributed by atoms with Gasteiger partial charge in [0.15, 0.2) is 5.96 Å². The number of nitrogens with two attached hydrogens (primary N) is 1. The Kier molecular flexibility index (Phi) is 9.36. The molecule has 0 bridgehead atoms. The molecule has 2 aliphatic rings. The number of benzene rings is 1. The van der Waals surface area contributed by atoms with Gasteiger partial charge < -0.3 is 15.4 Å². The highest BCUT2D eigenvalue weighted by Crippen LogP contribution is 2.25. The molecule has 0 amide bonds. The second kappa shape index (κ2) is 10.7. The van der Waals surface area contributed by atoms with Gasteiger partial charge in [0.1, 0.15) is 11.5 Å². The summed E-state index contributed by atoms with van der Waals surface area (Å²) in [6.45, 7) is 6.40. The molecule has 3 N–H and O–H groups in total. The first-order valence-corrected chi connectivity index (χ1v) is 9.06. The lowest BCUT2D eigenvalue weighted by atomic mass is 9.97. The summed E-state index contributed by atoms with van der Waals surface area (Å²) >= 11 is 0. The number of likely N-dealkylation sites (tertiary alicyclic amines) is 1. The lowest BCUT2D eigenvalue weighted by Crippen LogP contribution is -2.40. The van der Waals surface area contributed by atoms with E-state index in [1.807, 2.05) is 11.0 Å². The summed E-state index contributed by atoms with van der Waals surface area (Å²) in [5, 5.41) is 7.60. The number of fused-ring (bicyclic) bond motifs is 1. The van der Waals surface area contributed by atoms with Gasteiger partial charge in [0.25, 0.3) is 0 Å². The average Bonchev–Trinajstić information content (AvgIpc) is 2.60. The molecule has 0 saturated carbocycles. The topological polar surface area (TPSA) is 82.7 Å². The van der Waals surface area contributed by atoms with E-state index in [1.165, 1.54) is 11.1 Å². The van der Waals surface area contributed by atoms with E-state index >= 15 is 0 Å². The van der Waals surface area contributed by atoms with Gasteiger partial charge in [-0.05, 0) is 68.5 Å². The third kappa shape index (κ3) is 6.55. The number of carbonyl (C=O) groups excluding carboxylic acids is 1. The van der Waals surface area contributed by atoms with Gasteiger partial charge in [0.2, 0.25) is 0 Å². The maximum atomic E-state index is 11.2. The van der Waals surface area contributed by atoms with E-state index in [2.05, 4.69) is 17.0 Å². The zero-order chi connectivity index (χ0) is 17.8. The van der Waals surface area contributed by atoms with Crippen LogP contribution in [-0.4, -0.2) is 54.3 Å². The molecule has 0 aromatic heterocycles. The Morgan fingerprint density at radius 1 is 1.22 bits per heavy atom. The fraction of sp³-hybridized carbons (Fsp3) is 0.579. The molecule has 0 spiro atoms. The van der Waals surface area contributed by atoms with Crippen molar-refractivity contribution < 1.29 is 9.53 Å². The number of Topliss-reactive ketones (excluding diaryl/α,β-unsaturated/α-hetero) is 1. The molecule has 2 aliphatic heterocycles. The molecule has 8 heteroatoms. The number of hydrogen-bond donors (Lipinski definition) is 2. The molecular weight excluding hydrogens is 387 g/mol. The molecule has 1 aromatic carbocycles. The van der Waals surface area contributed by atoms with Crippen LogP contribution in [0.4, 0.5) is 0 Å². The van der Waals surface area contributed by atoms with E-state index in [4.69, 9.17) is 15.9 Å². The number of ketones is 1. The van der Waals surface area contributed by atoms with Gasteiger partial charge in [0, 0.05) is 13.1 Å². The first-order valence-electron chi connectivity index (χ1n) is 9.06. The van der Waals surface area contributed by atoms with Crippen LogP contribution in [0.1, 0.15) is 30.9 Å². The molecule has 0 unspecified atom stereocenters. The minimum atomic E-state index is 0. The Morgan fingerprint density at radius 2 is 1.93 bits per heavy atom. The molecule has 1 aromatic rings. The third-order valence-corrected chi connectivity index (χ3v) is 5.17. The molecule has 27 heavy (non-hydrogen) atoms. The Labute approximate surface area is 173 Å². The lowest BCUT2D eigenvalue weighted by Gasteiger charge is -2.31. The molecule has 3 rings (SSSR count). The van der Waals surface area contributed by atoms with E-state index in [1.54, 1.807) is 6.92 Å². The zero-order valence-corrected chi connectivity index (χ0v) is 17.4. The number of guanidine groups is 1. The number of nitrogens with zero attached hydrogens (tertiary/aromatic N) is 2. The summed E-state index contributed by atoms with van der Waals surface area (Å²) in [6.07, 6.45) is 3.08. The van der Waals surface area contributed by atoms with Crippen LogP contribution in [0.5, 0.6) is 5.75 Å². The summed E-state index contributed by atoms with van der Waals surface area (Å²) in [6, 6.07) is 6.28. The van der Waals surface area contributed by atoms with Crippen LogP contribution in [0.2, 0.25) is 0 Å². The predicted octanol–water partition coefficient (Wildman–Crippen LogP) is 2.46. The Morgan fingerprint density at radius 3 is 2.56 bits per heavy atom. The van der Waals surface area contributed by atoms with Gasteiger partial charge in [0.05, 0.1) is 13.2 Å². The smallest absolute Gasteiger partial charge is 0.188 e. The molecule has 0 aliphatic carbocycles.